The second-order valence-electron chi connectivity index (χ2n) is 4.37. The SMILES string of the molecule is Cc1cc(S(=O)(=O)NCCCC(N)=O)cc(C(=O)O)c1F. The molecular weight excluding hydrogens is 303 g/mol. The summed E-state index contributed by atoms with van der Waals surface area (Å²) in [4.78, 5) is 21.1. The van der Waals surface area contributed by atoms with Gasteiger partial charge in [0.1, 0.15) is 5.82 Å². The Morgan fingerprint density at radius 2 is 2.00 bits per heavy atom. The fourth-order valence-electron chi connectivity index (χ4n) is 1.60. The van der Waals surface area contributed by atoms with E-state index < -0.39 is 33.3 Å². The fraction of sp³-hybridized carbons (Fsp3) is 0.333. The lowest BCUT2D eigenvalue weighted by Crippen LogP contribution is -2.26. The van der Waals surface area contributed by atoms with Crippen molar-refractivity contribution in [2.75, 3.05) is 6.54 Å². The Labute approximate surface area is 121 Å². The molecule has 1 rings (SSSR count). The summed E-state index contributed by atoms with van der Waals surface area (Å²) in [5.74, 6) is -3.09. The molecule has 0 aliphatic heterocycles. The van der Waals surface area contributed by atoms with Crippen molar-refractivity contribution < 1.29 is 27.5 Å². The number of carbonyl (C=O) groups is 2. The van der Waals surface area contributed by atoms with Crippen LogP contribution in [0.15, 0.2) is 17.0 Å². The lowest BCUT2D eigenvalue weighted by Gasteiger charge is -2.09. The van der Waals surface area contributed by atoms with E-state index in [9.17, 15) is 22.4 Å². The first-order valence-electron chi connectivity index (χ1n) is 5.96. The maximum absolute atomic E-state index is 13.6. The molecule has 0 fully saturated rings. The molecule has 1 aromatic rings. The van der Waals surface area contributed by atoms with Crippen LogP contribution in [0.5, 0.6) is 0 Å². The van der Waals surface area contributed by atoms with E-state index in [2.05, 4.69) is 4.72 Å². The van der Waals surface area contributed by atoms with Crippen LogP contribution in [0.1, 0.15) is 28.8 Å². The van der Waals surface area contributed by atoms with Gasteiger partial charge in [0, 0.05) is 13.0 Å². The number of carbonyl (C=O) groups excluding carboxylic acids is 1. The molecule has 0 saturated carbocycles. The van der Waals surface area contributed by atoms with Crippen molar-refractivity contribution in [1.29, 1.82) is 0 Å². The first-order valence-corrected chi connectivity index (χ1v) is 7.45. The predicted octanol–water partition coefficient (Wildman–Crippen LogP) is 0.376. The van der Waals surface area contributed by atoms with Crippen LogP contribution in [0.3, 0.4) is 0 Å². The molecule has 0 spiro atoms. The highest BCUT2D eigenvalue weighted by molar-refractivity contribution is 7.89. The molecule has 0 aliphatic carbocycles. The van der Waals surface area contributed by atoms with E-state index in [0.29, 0.717) is 0 Å². The Bertz CT molecular complexity index is 672. The Morgan fingerprint density at radius 1 is 1.38 bits per heavy atom. The van der Waals surface area contributed by atoms with E-state index in [4.69, 9.17) is 10.8 Å². The van der Waals surface area contributed by atoms with Gasteiger partial charge in [-0.05, 0) is 31.0 Å². The number of hydrogen-bond acceptors (Lipinski definition) is 4. The number of hydrogen-bond donors (Lipinski definition) is 3. The van der Waals surface area contributed by atoms with Crippen LogP contribution >= 0.6 is 0 Å². The van der Waals surface area contributed by atoms with Gasteiger partial charge in [-0.3, -0.25) is 4.79 Å². The molecule has 0 atom stereocenters. The van der Waals surface area contributed by atoms with Gasteiger partial charge in [0.25, 0.3) is 0 Å². The van der Waals surface area contributed by atoms with Crippen molar-refractivity contribution >= 4 is 21.9 Å². The highest BCUT2D eigenvalue weighted by Gasteiger charge is 2.20. The van der Waals surface area contributed by atoms with E-state index in [-0.39, 0.29) is 29.8 Å². The number of carboxylic acid groups (broad SMARTS) is 1. The zero-order valence-corrected chi connectivity index (χ0v) is 12.0. The first kappa shape index (κ1) is 17.1. The molecular formula is C12H15FN2O5S. The van der Waals surface area contributed by atoms with Crippen molar-refractivity contribution in [3.05, 3.63) is 29.1 Å². The van der Waals surface area contributed by atoms with Crippen LogP contribution in [0.2, 0.25) is 0 Å². The van der Waals surface area contributed by atoms with Crippen LogP contribution in [0.4, 0.5) is 4.39 Å². The zero-order chi connectivity index (χ0) is 16.2. The van der Waals surface area contributed by atoms with Crippen LogP contribution < -0.4 is 10.5 Å². The Kier molecular flexibility index (Phi) is 5.39. The molecule has 0 unspecified atom stereocenters. The smallest absolute Gasteiger partial charge is 0.338 e. The number of nitrogens with one attached hydrogen (secondary N) is 1. The molecule has 0 aliphatic rings. The van der Waals surface area contributed by atoms with Gasteiger partial charge >= 0.3 is 5.97 Å². The Balaban J connectivity index is 2.98. The van der Waals surface area contributed by atoms with E-state index >= 15 is 0 Å². The van der Waals surface area contributed by atoms with E-state index in [1.54, 1.807) is 0 Å². The number of aryl methyl sites for hydroxylation is 1. The molecule has 0 aromatic heterocycles. The van der Waals surface area contributed by atoms with E-state index in [1.807, 2.05) is 0 Å². The Hall–Kier alpha value is -2.00. The fourth-order valence-corrected chi connectivity index (χ4v) is 2.78. The molecule has 0 heterocycles. The number of nitrogens with two attached hydrogens (primary N) is 1. The normalized spacial score (nSPS) is 11.3. The van der Waals surface area contributed by atoms with Gasteiger partial charge in [-0.2, -0.15) is 0 Å². The number of benzene rings is 1. The van der Waals surface area contributed by atoms with Crippen LogP contribution in [-0.4, -0.2) is 31.9 Å². The van der Waals surface area contributed by atoms with Gasteiger partial charge in [-0.25, -0.2) is 22.3 Å². The van der Waals surface area contributed by atoms with Gasteiger partial charge in [-0.15, -0.1) is 0 Å². The van der Waals surface area contributed by atoms with Crippen LogP contribution in [-0.2, 0) is 14.8 Å². The highest BCUT2D eigenvalue weighted by Crippen LogP contribution is 2.19. The second-order valence-corrected chi connectivity index (χ2v) is 6.14. The lowest BCUT2D eigenvalue weighted by atomic mass is 10.1. The summed E-state index contributed by atoms with van der Waals surface area (Å²) in [7, 11) is -3.99. The molecule has 1 aromatic carbocycles. The molecule has 0 bridgehead atoms. The molecule has 116 valence electrons. The van der Waals surface area contributed by atoms with Crippen molar-refractivity contribution in [2.24, 2.45) is 5.73 Å². The Morgan fingerprint density at radius 3 is 2.52 bits per heavy atom. The number of aromatic carboxylic acids is 1. The summed E-state index contributed by atoms with van der Waals surface area (Å²) in [5, 5.41) is 8.85. The average molecular weight is 318 g/mol. The molecule has 4 N–H and O–H groups in total. The summed E-state index contributed by atoms with van der Waals surface area (Å²) in [6.45, 7) is 1.23. The van der Waals surface area contributed by atoms with Gasteiger partial charge in [0.15, 0.2) is 0 Å². The highest BCUT2D eigenvalue weighted by atomic mass is 32.2. The third-order valence-electron chi connectivity index (χ3n) is 2.66. The predicted molar refractivity (Wildman–Crippen MR) is 71.7 cm³/mol. The third-order valence-corrected chi connectivity index (χ3v) is 4.10. The standard InChI is InChI=1S/C12H15FN2O5S/c1-7-5-8(6-9(11(7)13)12(17)18)21(19,20)15-4-2-3-10(14)16/h5-6,15H,2-4H2,1H3,(H2,14,16)(H,17,18). The minimum atomic E-state index is -3.99. The number of amides is 1. The summed E-state index contributed by atoms with van der Waals surface area (Å²) in [6, 6.07) is 1.79. The van der Waals surface area contributed by atoms with Crippen LogP contribution in [0.25, 0.3) is 0 Å². The van der Waals surface area contributed by atoms with Gasteiger partial charge in [-0.1, -0.05) is 0 Å². The molecule has 0 saturated heterocycles. The number of rotatable bonds is 7. The molecule has 7 nitrogen and oxygen atoms in total. The van der Waals surface area contributed by atoms with Gasteiger partial charge in [0.2, 0.25) is 15.9 Å². The molecule has 21 heavy (non-hydrogen) atoms. The monoisotopic (exact) mass is 318 g/mol. The number of halogens is 1. The van der Waals surface area contributed by atoms with Crippen molar-refractivity contribution in [3.63, 3.8) is 0 Å². The van der Waals surface area contributed by atoms with E-state index in [0.717, 1.165) is 12.1 Å². The van der Waals surface area contributed by atoms with E-state index in [1.165, 1.54) is 6.92 Å². The minimum absolute atomic E-state index is 0.0192. The molecule has 1 amide bonds. The van der Waals surface area contributed by atoms with Gasteiger partial charge in [0.05, 0.1) is 10.5 Å². The summed E-state index contributed by atoms with van der Waals surface area (Å²) in [5.41, 5.74) is 4.11. The number of primary amides is 1. The molecule has 0 radical (unpaired) electrons. The van der Waals surface area contributed by atoms with Gasteiger partial charge < -0.3 is 10.8 Å². The second kappa shape index (κ2) is 6.64. The summed E-state index contributed by atoms with van der Waals surface area (Å²) in [6.07, 6.45) is 0.228. The van der Waals surface area contributed by atoms with Crippen LogP contribution in [0, 0.1) is 12.7 Å². The third kappa shape index (κ3) is 4.50. The first-order chi connectivity index (χ1) is 9.65. The number of carboxylic acids is 1. The largest absolute Gasteiger partial charge is 0.478 e. The quantitative estimate of drug-likeness (QED) is 0.626. The minimum Gasteiger partial charge on any atom is -0.478 e. The summed E-state index contributed by atoms with van der Waals surface area (Å²) < 4.78 is 39.7. The molecule has 9 heteroatoms. The maximum atomic E-state index is 13.6. The topological polar surface area (TPSA) is 127 Å². The lowest BCUT2D eigenvalue weighted by molar-refractivity contribution is -0.118. The van der Waals surface area contributed by atoms with Crippen molar-refractivity contribution in [3.8, 4) is 0 Å². The van der Waals surface area contributed by atoms with Crippen molar-refractivity contribution in [1.82, 2.24) is 4.72 Å². The number of sulfonamides is 1. The maximum Gasteiger partial charge on any atom is 0.338 e. The average Bonchev–Trinajstić information content (AvgIpc) is 2.37. The van der Waals surface area contributed by atoms with Crippen molar-refractivity contribution in [2.45, 2.75) is 24.7 Å². The zero-order valence-electron chi connectivity index (χ0n) is 11.2. The summed E-state index contributed by atoms with van der Waals surface area (Å²) >= 11 is 0.